The Hall–Kier alpha value is -2.58. The maximum atomic E-state index is 9.22. The summed E-state index contributed by atoms with van der Waals surface area (Å²) in [5.41, 5.74) is 3.44. The van der Waals surface area contributed by atoms with Gasteiger partial charge in [0.25, 0.3) is 0 Å². The van der Waals surface area contributed by atoms with Crippen molar-refractivity contribution in [3.05, 3.63) is 58.4 Å². The van der Waals surface area contributed by atoms with E-state index < -0.39 is 0 Å². The van der Waals surface area contributed by atoms with Gasteiger partial charge >= 0.3 is 0 Å². The molecule has 0 saturated heterocycles. The average Bonchev–Trinajstić information content (AvgIpc) is 3.06. The Labute approximate surface area is 126 Å². The molecule has 1 N–H and O–H groups in total. The molecule has 1 aliphatic heterocycles. The van der Waals surface area contributed by atoms with Crippen molar-refractivity contribution in [2.45, 2.75) is 6.04 Å². The first-order valence-corrected chi connectivity index (χ1v) is 7.05. The number of H-pyrrole nitrogens is 1. The number of aromatic nitrogens is 2. The number of nitrogens with one attached hydrogen (secondary N) is 1. The summed E-state index contributed by atoms with van der Waals surface area (Å²) in [5.74, 6) is 0.898. The Morgan fingerprint density at radius 2 is 2.10 bits per heavy atom. The highest BCUT2D eigenvalue weighted by atomic mass is 32.1. The van der Waals surface area contributed by atoms with Gasteiger partial charge in [-0.2, -0.15) is 5.26 Å². The molecule has 0 fully saturated rings. The second-order valence-corrected chi connectivity index (χ2v) is 5.36. The van der Waals surface area contributed by atoms with Gasteiger partial charge in [0.1, 0.15) is 18.4 Å². The fourth-order valence-corrected chi connectivity index (χ4v) is 3.24. The summed E-state index contributed by atoms with van der Waals surface area (Å²) in [4.78, 5) is 3.15. The largest absolute Gasteiger partial charge is 0.491 e. The first-order chi connectivity index (χ1) is 10.3. The Morgan fingerprint density at radius 3 is 2.95 bits per heavy atom. The second kappa shape index (κ2) is 4.47. The van der Waals surface area contributed by atoms with Crippen LogP contribution in [-0.4, -0.2) is 16.2 Å². The Balaban J connectivity index is 1.99. The minimum atomic E-state index is 0.0383. The normalized spacial score (nSPS) is 16.4. The number of fused-ring (bicyclic) bond motifs is 2. The highest BCUT2D eigenvalue weighted by molar-refractivity contribution is 7.71. The van der Waals surface area contributed by atoms with Gasteiger partial charge in [0.2, 0.25) is 0 Å². The van der Waals surface area contributed by atoms with Crippen LogP contribution in [0, 0.1) is 16.1 Å². The molecule has 2 aromatic carbocycles. The molecule has 102 valence electrons. The molecule has 1 unspecified atom stereocenters. The lowest BCUT2D eigenvalue weighted by atomic mass is 10.1. The SMILES string of the molecule is N#Cc1cccc2c1[nH]c(=S)n2C1COc2ccccc21. The minimum Gasteiger partial charge on any atom is -0.491 e. The fraction of sp³-hybridized carbons (Fsp3) is 0.125. The van der Waals surface area contributed by atoms with Crippen LogP contribution in [0.15, 0.2) is 42.5 Å². The number of ether oxygens (including phenoxy) is 1. The molecular weight excluding hydrogens is 282 g/mol. The summed E-state index contributed by atoms with van der Waals surface area (Å²) in [5, 5.41) is 9.22. The van der Waals surface area contributed by atoms with E-state index in [1.165, 1.54) is 0 Å². The zero-order valence-corrected chi connectivity index (χ0v) is 11.9. The predicted octanol–water partition coefficient (Wildman–Crippen LogP) is 3.55. The summed E-state index contributed by atoms with van der Waals surface area (Å²) in [7, 11) is 0. The summed E-state index contributed by atoms with van der Waals surface area (Å²) in [6.07, 6.45) is 0. The number of nitriles is 1. The molecule has 2 heterocycles. The van der Waals surface area contributed by atoms with Crippen LogP contribution in [0.1, 0.15) is 17.2 Å². The van der Waals surface area contributed by atoms with Gasteiger partial charge in [-0.1, -0.05) is 24.3 Å². The number of hydrogen-bond donors (Lipinski definition) is 1. The van der Waals surface area contributed by atoms with Gasteiger partial charge in [-0.15, -0.1) is 0 Å². The molecule has 3 aromatic rings. The first-order valence-electron chi connectivity index (χ1n) is 6.64. The lowest BCUT2D eigenvalue weighted by molar-refractivity contribution is 0.318. The number of para-hydroxylation sites is 2. The van der Waals surface area contributed by atoms with E-state index >= 15 is 0 Å². The van der Waals surface area contributed by atoms with E-state index in [0.29, 0.717) is 16.9 Å². The third kappa shape index (κ3) is 1.70. The maximum absolute atomic E-state index is 9.22. The van der Waals surface area contributed by atoms with Gasteiger partial charge in [-0.05, 0) is 30.4 Å². The van der Waals surface area contributed by atoms with Crippen molar-refractivity contribution >= 4 is 23.3 Å². The molecule has 0 radical (unpaired) electrons. The van der Waals surface area contributed by atoms with E-state index in [4.69, 9.17) is 17.0 Å². The van der Waals surface area contributed by atoms with E-state index in [0.717, 1.165) is 22.3 Å². The van der Waals surface area contributed by atoms with Crippen LogP contribution in [0.4, 0.5) is 0 Å². The van der Waals surface area contributed by atoms with Crippen LogP contribution in [-0.2, 0) is 0 Å². The lowest BCUT2D eigenvalue weighted by Crippen LogP contribution is -2.12. The Morgan fingerprint density at radius 1 is 1.24 bits per heavy atom. The van der Waals surface area contributed by atoms with Gasteiger partial charge < -0.3 is 14.3 Å². The highest BCUT2D eigenvalue weighted by Crippen LogP contribution is 2.36. The molecule has 0 bridgehead atoms. The summed E-state index contributed by atoms with van der Waals surface area (Å²) in [6, 6.07) is 15.9. The molecule has 0 amide bonds. The number of hydrogen-bond acceptors (Lipinski definition) is 3. The summed E-state index contributed by atoms with van der Waals surface area (Å²) in [6.45, 7) is 0.553. The summed E-state index contributed by atoms with van der Waals surface area (Å²) >= 11 is 5.47. The number of nitrogens with zero attached hydrogens (tertiary/aromatic N) is 2. The quantitative estimate of drug-likeness (QED) is 0.698. The molecule has 1 aromatic heterocycles. The van der Waals surface area contributed by atoms with Crippen LogP contribution < -0.4 is 4.74 Å². The average molecular weight is 293 g/mol. The van der Waals surface area contributed by atoms with Crippen molar-refractivity contribution in [2.75, 3.05) is 6.61 Å². The molecule has 4 nitrogen and oxygen atoms in total. The third-order valence-corrected chi connectivity index (χ3v) is 4.16. The molecule has 0 aliphatic carbocycles. The Kier molecular flexibility index (Phi) is 2.59. The standard InChI is InChI=1S/C16H11N3OS/c17-8-10-4-3-6-12-15(10)18-16(21)19(12)13-9-20-14-7-2-1-5-11(13)14/h1-7,13H,9H2,(H,18,21). The van der Waals surface area contributed by atoms with Crippen molar-refractivity contribution in [3.8, 4) is 11.8 Å². The van der Waals surface area contributed by atoms with Gasteiger partial charge in [0, 0.05) is 5.56 Å². The summed E-state index contributed by atoms with van der Waals surface area (Å²) < 4.78 is 8.40. The third-order valence-electron chi connectivity index (χ3n) is 3.86. The molecule has 5 heteroatoms. The molecule has 21 heavy (non-hydrogen) atoms. The van der Waals surface area contributed by atoms with Crippen molar-refractivity contribution in [2.24, 2.45) is 0 Å². The van der Waals surface area contributed by atoms with Crippen LogP contribution in [0.2, 0.25) is 0 Å². The molecule has 1 atom stereocenters. The highest BCUT2D eigenvalue weighted by Gasteiger charge is 2.27. The molecule has 1 aliphatic rings. The number of imidazole rings is 1. The first kappa shape index (κ1) is 12.2. The number of rotatable bonds is 1. The van der Waals surface area contributed by atoms with Crippen LogP contribution in [0.3, 0.4) is 0 Å². The van der Waals surface area contributed by atoms with Gasteiger partial charge in [-0.25, -0.2) is 0 Å². The van der Waals surface area contributed by atoms with E-state index in [-0.39, 0.29) is 6.04 Å². The minimum absolute atomic E-state index is 0.0383. The topological polar surface area (TPSA) is 53.7 Å². The maximum Gasteiger partial charge on any atom is 0.178 e. The van der Waals surface area contributed by atoms with Crippen molar-refractivity contribution in [1.29, 1.82) is 5.26 Å². The molecule has 4 rings (SSSR count). The van der Waals surface area contributed by atoms with Crippen molar-refractivity contribution < 1.29 is 4.74 Å². The smallest absolute Gasteiger partial charge is 0.178 e. The predicted molar refractivity (Wildman–Crippen MR) is 81.9 cm³/mol. The van der Waals surface area contributed by atoms with Crippen molar-refractivity contribution in [3.63, 3.8) is 0 Å². The molecule has 0 saturated carbocycles. The molecular formula is C16H11N3OS. The Bertz CT molecular complexity index is 948. The van der Waals surface area contributed by atoms with E-state index in [2.05, 4.69) is 17.1 Å². The van der Waals surface area contributed by atoms with Crippen molar-refractivity contribution in [1.82, 2.24) is 9.55 Å². The van der Waals surface area contributed by atoms with Gasteiger partial charge in [0.15, 0.2) is 4.77 Å². The van der Waals surface area contributed by atoms with Crippen LogP contribution >= 0.6 is 12.2 Å². The van der Waals surface area contributed by atoms with E-state index in [9.17, 15) is 5.26 Å². The second-order valence-electron chi connectivity index (χ2n) is 4.98. The van der Waals surface area contributed by atoms with Gasteiger partial charge in [-0.3, -0.25) is 0 Å². The zero-order valence-electron chi connectivity index (χ0n) is 11.0. The monoisotopic (exact) mass is 293 g/mol. The lowest BCUT2D eigenvalue weighted by Gasteiger charge is -2.12. The number of aromatic amines is 1. The molecule has 0 spiro atoms. The fourth-order valence-electron chi connectivity index (χ4n) is 2.91. The van der Waals surface area contributed by atoms with E-state index in [1.807, 2.05) is 34.9 Å². The van der Waals surface area contributed by atoms with Crippen LogP contribution in [0.5, 0.6) is 5.75 Å². The van der Waals surface area contributed by atoms with Crippen LogP contribution in [0.25, 0.3) is 11.0 Å². The van der Waals surface area contributed by atoms with Gasteiger partial charge in [0.05, 0.1) is 22.6 Å². The zero-order chi connectivity index (χ0) is 14.4. The number of benzene rings is 2. The van der Waals surface area contributed by atoms with E-state index in [1.54, 1.807) is 6.07 Å².